The molecular weight excluding hydrogens is 376 g/mol. The Kier molecular flexibility index (Phi) is 5.81. The molecule has 2 N–H and O–H groups in total. The molecule has 0 fully saturated rings. The van der Waals surface area contributed by atoms with Gasteiger partial charge in [0, 0.05) is 19.3 Å². The normalized spacial score (nSPS) is 13.5. The van der Waals surface area contributed by atoms with Gasteiger partial charge in [0.2, 0.25) is 5.43 Å². The van der Waals surface area contributed by atoms with E-state index in [1.165, 1.54) is 6.20 Å². The van der Waals surface area contributed by atoms with E-state index in [0.717, 1.165) is 12.0 Å². The number of alkyl carbamates (subject to hydrolysis) is 1. The van der Waals surface area contributed by atoms with Gasteiger partial charge in [0.25, 0.3) is 0 Å². The molecule has 0 saturated heterocycles. The van der Waals surface area contributed by atoms with E-state index >= 15 is 0 Å². The molecule has 0 radical (unpaired) electrons. The molecule has 0 atom stereocenters. The molecule has 0 spiro atoms. The van der Waals surface area contributed by atoms with E-state index in [0.29, 0.717) is 49.2 Å². The first kappa shape index (κ1) is 20.7. The number of carboxylic acid groups (broad SMARTS) is 1. The fraction of sp³-hybridized carbons (Fsp3) is 0.476. The average Bonchev–Trinajstić information content (AvgIpc) is 2.82. The van der Waals surface area contributed by atoms with Crippen molar-refractivity contribution in [2.75, 3.05) is 13.2 Å². The van der Waals surface area contributed by atoms with Crippen LogP contribution >= 0.6 is 0 Å². The van der Waals surface area contributed by atoms with Crippen molar-refractivity contribution in [1.29, 1.82) is 0 Å². The quantitative estimate of drug-likeness (QED) is 0.745. The van der Waals surface area contributed by atoms with Crippen LogP contribution in [0.4, 0.5) is 4.79 Å². The minimum absolute atomic E-state index is 0.242. The molecule has 1 aliphatic rings. The second-order valence-corrected chi connectivity index (χ2v) is 8.09. The Bertz CT molecular complexity index is 1000. The predicted molar refractivity (Wildman–Crippen MR) is 108 cm³/mol. The number of rotatable bonds is 5. The SMILES string of the molecule is CC(C)(C)OC(=O)NCCCc1cc2c3c(c1)c(=O)c(C(=O)O)cn3CCCO2. The number of carbonyl (C=O) groups excluding carboxylic acids is 1. The number of carbonyl (C=O) groups is 2. The van der Waals surface area contributed by atoms with E-state index in [1.807, 2.05) is 6.07 Å². The van der Waals surface area contributed by atoms with Crippen LogP contribution in [0.25, 0.3) is 10.9 Å². The third-order valence-electron chi connectivity index (χ3n) is 4.54. The van der Waals surface area contributed by atoms with Crippen LogP contribution in [0.1, 0.15) is 49.5 Å². The summed E-state index contributed by atoms with van der Waals surface area (Å²) >= 11 is 0. The highest BCUT2D eigenvalue weighted by Gasteiger charge is 2.20. The molecule has 1 amide bonds. The van der Waals surface area contributed by atoms with E-state index in [2.05, 4.69) is 5.32 Å². The van der Waals surface area contributed by atoms with Crippen LogP contribution in [0.3, 0.4) is 0 Å². The van der Waals surface area contributed by atoms with Crippen LogP contribution in [0, 0.1) is 0 Å². The fourth-order valence-electron chi connectivity index (χ4n) is 3.36. The number of nitrogens with zero attached hydrogens (tertiary/aromatic N) is 1. The molecule has 156 valence electrons. The number of pyridine rings is 1. The van der Waals surface area contributed by atoms with Crippen molar-refractivity contribution in [1.82, 2.24) is 9.88 Å². The van der Waals surface area contributed by atoms with Crippen molar-refractivity contribution in [3.8, 4) is 5.75 Å². The predicted octanol–water partition coefficient (Wildman–Crippen LogP) is 2.94. The summed E-state index contributed by atoms with van der Waals surface area (Å²) in [6, 6.07) is 3.61. The molecule has 1 aromatic carbocycles. The number of benzene rings is 1. The molecule has 8 nitrogen and oxygen atoms in total. The number of hydrogen-bond acceptors (Lipinski definition) is 5. The first-order valence-corrected chi connectivity index (χ1v) is 9.69. The van der Waals surface area contributed by atoms with E-state index in [4.69, 9.17) is 9.47 Å². The Hall–Kier alpha value is -3.03. The Labute approximate surface area is 168 Å². The first-order valence-electron chi connectivity index (χ1n) is 9.69. The minimum atomic E-state index is -1.24. The zero-order chi connectivity index (χ0) is 21.2. The van der Waals surface area contributed by atoms with E-state index in [9.17, 15) is 19.5 Å². The average molecular weight is 402 g/mol. The lowest BCUT2D eigenvalue weighted by Crippen LogP contribution is -2.33. The number of nitrogens with one attached hydrogen (secondary N) is 1. The molecule has 8 heteroatoms. The summed E-state index contributed by atoms with van der Waals surface area (Å²) in [5.74, 6) is -0.650. The molecule has 0 aliphatic carbocycles. The molecule has 29 heavy (non-hydrogen) atoms. The highest BCUT2D eigenvalue weighted by molar-refractivity contribution is 5.94. The van der Waals surface area contributed by atoms with Crippen molar-refractivity contribution < 1.29 is 24.2 Å². The summed E-state index contributed by atoms with van der Waals surface area (Å²) in [7, 11) is 0. The van der Waals surface area contributed by atoms with Gasteiger partial charge >= 0.3 is 12.1 Å². The van der Waals surface area contributed by atoms with Gasteiger partial charge in [-0.15, -0.1) is 0 Å². The van der Waals surface area contributed by atoms with Gasteiger partial charge in [0.15, 0.2) is 0 Å². The molecule has 2 aromatic rings. The highest BCUT2D eigenvalue weighted by atomic mass is 16.6. The molecule has 0 unspecified atom stereocenters. The fourth-order valence-corrected chi connectivity index (χ4v) is 3.36. The maximum absolute atomic E-state index is 12.7. The minimum Gasteiger partial charge on any atom is -0.491 e. The van der Waals surface area contributed by atoms with Gasteiger partial charge in [0.1, 0.15) is 16.9 Å². The molecule has 1 aromatic heterocycles. The number of aryl methyl sites for hydroxylation is 2. The second kappa shape index (κ2) is 8.14. The topological polar surface area (TPSA) is 107 Å². The lowest BCUT2D eigenvalue weighted by atomic mass is 10.0. The van der Waals surface area contributed by atoms with Gasteiger partial charge < -0.3 is 24.5 Å². The zero-order valence-electron chi connectivity index (χ0n) is 16.9. The second-order valence-electron chi connectivity index (χ2n) is 8.09. The summed E-state index contributed by atoms with van der Waals surface area (Å²) in [5.41, 5.74) is 0.181. The molecule has 3 rings (SSSR count). The van der Waals surface area contributed by atoms with Gasteiger partial charge in [0.05, 0.1) is 17.5 Å². The number of aromatic carboxylic acids is 1. The number of hydrogen-bond donors (Lipinski definition) is 2. The third kappa shape index (κ3) is 4.88. The van der Waals surface area contributed by atoms with Crippen LogP contribution in [0.15, 0.2) is 23.1 Å². The van der Waals surface area contributed by atoms with Gasteiger partial charge in [-0.2, -0.15) is 0 Å². The summed E-state index contributed by atoms with van der Waals surface area (Å²) in [6.45, 7) is 6.90. The van der Waals surface area contributed by atoms with Crippen LogP contribution in [-0.2, 0) is 17.7 Å². The van der Waals surface area contributed by atoms with Gasteiger partial charge in [-0.3, -0.25) is 4.79 Å². The third-order valence-corrected chi connectivity index (χ3v) is 4.54. The monoisotopic (exact) mass is 402 g/mol. The highest BCUT2D eigenvalue weighted by Crippen LogP contribution is 2.29. The lowest BCUT2D eigenvalue weighted by Gasteiger charge is -2.19. The van der Waals surface area contributed by atoms with Crippen LogP contribution in [-0.4, -0.2) is 40.5 Å². The standard InChI is InChI=1S/C21H26N2O6/c1-21(2,3)29-20(27)22-7-4-6-13-10-14-17-16(11-13)28-9-5-8-23(17)12-15(18(14)24)19(25)26/h10-12H,4-9H2,1-3H3,(H,22,27)(H,25,26). The van der Waals surface area contributed by atoms with Gasteiger partial charge in [-0.25, -0.2) is 9.59 Å². The van der Waals surface area contributed by atoms with Crippen LogP contribution in [0.5, 0.6) is 5.75 Å². The van der Waals surface area contributed by atoms with Crippen molar-refractivity contribution in [2.24, 2.45) is 0 Å². The Morgan fingerprint density at radius 3 is 2.76 bits per heavy atom. The van der Waals surface area contributed by atoms with Crippen molar-refractivity contribution >= 4 is 23.0 Å². The number of amides is 1. The number of ether oxygens (including phenoxy) is 2. The summed E-state index contributed by atoms with van der Waals surface area (Å²) in [4.78, 5) is 35.9. The van der Waals surface area contributed by atoms with Crippen LogP contribution in [0.2, 0.25) is 0 Å². The van der Waals surface area contributed by atoms with Gasteiger partial charge in [-0.05, 0) is 57.7 Å². The molecular formula is C21H26N2O6. The summed E-state index contributed by atoms with van der Waals surface area (Å²) in [6.07, 6.45) is 2.88. The molecule has 0 bridgehead atoms. The Morgan fingerprint density at radius 2 is 2.07 bits per heavy atom. The van der Waals surface area contributed by atoms with Crippen molar-refractivity contribution in [2.45, 2.75) is 52.2 Å². The zero-order valence-corrected chi connectivity index (χ0v) is 16.9. The van der Waals surface area contributed by atoms with Crippen molar-refractivity contribution in [3.63, 3.8) is 0 Å². The largest absolute Gasteiger partial charge is 0.491 e. The first-order chi connectivity index (χ1) is 13.7. The van der Waals surface area contributed by atoms with E-state index in [-0.39, 0.29) is 5.56 Å². The maximum atomic E-state index is 12.7. The molecule has 0 saturated carbocycles. The maximum Gasteiger partial charge on any atom is 0.407 e. The number of aromatic nitrogens is 1. The summed E-state index contributed by atoms with van der Waals surface area (Å²) in [5, 5.41) is 12.4. The Morgan fingerprint density at radius 1 is 1.31 bits per heavy atom. The molecule has 1 aliphatic heterocycles. The molecule has 2 heterocycles. The van der Waals surface area contributed by atoms with Crippen molar-refractivity contribution in [3.05, 3.63) is 39.7 Å². The van der Waals surface area contributed by atoms with Gasteiger partial charge in [-0.1, -0.05) is 0 Å². The van der Waals surface area contributed by atoms with E-state index < -0.39 is 23.1 Å². The summed E-state index contributed by atoms with van der Waals surface area (Å²) < 4.78 is 12.8. The lowest BCUT2D eigenvalue weighted by molar-refractivity contribution is 0.0526. The number of carboxylic acids is 1. The van der Waals surface area contributed by atoms with E-state index in [1.54, 1.807) is 31.4 Å². The smallest absolute Gasteiger partial charge is 0.407 e. The van der Waals surface area contributed by atoms with Crippen LogP contribution < -0.4 is 15.5 Å². The Balaban J connectivity index is 1.82.